The quantitative estimate of drug-likeness (QED) is 0.0987. The molecule has 0 saturated heterocycles. The van der Waals surface area contributed by atoms with E-state index in [9.17, 15) is 4.79 Å². The number of allylic oxidation sites excluding steroid dienone is 7. The third kappa shape index (κ3) is 13.4. The Morgan fingerprint density at radius 1 is 0.932 bits per heavy atom. The number of aldehydes is 1. The number of hydrogen-bond acceptors (Lipinski definition) is 5. The maximum absolute atomic E-state index is 10.1. The summed E-state index contributed by atoms with van der Waals surface area (Å²) in [7, 11) is 3.96. The van der Waals surface area contributed by atoms with Crippen molar-refractivity contribution < 1.29 is 4.79 Å². The van der Waals surface area contributed by atoms with Gasteiger partial charge in [0.25, 0.3) is 0 Å². The predicted molar refractivity (Wildman–Crippen MR) is 193 cm³/mol. The van der Waals surface area contributed by atoms with Crippen LogP contribution in [0.4, 0.5) is 0 Å². The molecule has 0 aromatic heterocycles. The molecular weight excluding hydrogens is 540 g/mol. The van der Waals surface area contributed by atoms with E-state index in [2.05, 4.69) is 104 Å². The van der Waals surface area contributed by atoms with Gasteiger partial charge in [0, 0.05) is 36.9 Å². The molecular formula is C39H50N4O. The van der Waals surface area contributed by atoms with Crippen molar-refractivity contribution in [2.24, 2.45) is 5.73 Å². The number of carbonyl (C=O) groups is 1. The van der Waals surface area contributed by atoms with E-state index in [1.54, 1.807) is 12.2 Å². The molecule has 1 saturated carbocycles. The molecule has 0 amide bonds. The molecule has 5 N–H and O–H groups in total. The van der Waals surface area contributed by atoms with Crippen LogP contribution in [0.25, 0.3) is 16.8 Å². The van der Waals surface area contributed by atoms with Gasteiger partial charge in [-0.25, -0.2) is 0 Å². The molecule has 4 rings (SSSR count). The fourth-order valence-electron chi connectivity index (χ4n) is 4.30. The predicted octanol–water partition coefficient (Wildman–Crippen LogP) is 7.72. The van der Waals surface area contributed by atoms with Gasteiger partial charge in [-0.15, -0.1) is 0 Å². The lowest BCUT2D eigenvalue weighted by Gasteiger charge is -2.17. The second-order valence-electron chi connectivity index (χ2n) is 9.94. The third-order valence-corrected chi connectivity index (χ3v) is 6.88. The Labute approximate surface area is 265 Å². The highest BCUT2D eigenvalue weighted by Crippen LogP contribution is 2.47. The summed E-state index contributed by atoms with van der Waals surface area (Å²) in [5.74, 6) is 0. The minimum Gasteiger partial charge on any atom is -0.405 e. The lowest BCUT2D eigenvalue weighted by molar-refractivity contribution is -0.104. The summed E-state index contributed by atoms with van der Waals surface area (Å²) in [6.45, 7) is 17.1. The summed E-state index contributed by atoms with van der Waals surface area (Å²) >= 11 is 0. The molecule has 1 aliphatic rings. The van der Waals surface area contributed by atoms with Crippen molar-refractivity contribution >= 4 is 23.1 Å². The summed E-state index contributed by atoms with van der Waals surface area (Å²) in [5.41, 5.74) is 10.7. The number of nitrogens with one attached hydrogen (secondary N) is 3. The number of carbonyl (C=O) groups excluding carboxylic acids is 1. The van der Waals surface area contributed by atoms with E-state index < -0.39 is 0 Å². The third-order valence-electron chi connectivity index (χ3n) is 6.88. The molecule has 44 heavy (non-hydrogen) atoms. The lowest BCUT2D eigenvalue weighted by Crippen LogP contribution is -2.24. The smallest absolute Gasteiger partial charge is 0.142 e. The minimum atomic E-state index is 0.265. The Hall–Kier alpha value is -4.87. The first-order valence-electron chi connectivity index (χ1n) is 14.7. The van der Waals surface area contributed by atoms with Crippen LogP contribution < -0.4 is 21.7 Å². The van der Waals surface area contributed by atoms with E-state index in [1.807, 2.05) is 56.5 Å². The zero-order valence-corrected chi connectivity index (χ0v) is 26.7. The van der Waals surface area contributed by atoms with Crippen LogP contribution >= 0.6 is 0 Å². The van der Waals surface area contributed by atoms with Gasteiger partial charge in [-0.2, -0.15) is 0 Å². The number of hydrogen-bond donors (Lipinski definition) is 4. The summed E-state index contributed by atoms with van der Waals surface area (Å²) in [6.07, 6.45) is 17.9. The van der Waals surface area contributed by atoms with Crippen LogP contribution in [0, 0.1) is 0 Å². The normalized spacial score (nSPS) is 12.8. The van der Waals surface area contributed by atoms with Gasteiger partial charge in [0.05, 0.1) is 0 Å². The molecule has 0 heterocycles. The number of benzene rings is 3. The summed E-state index contributed by atoms with van der Waals surface area (Å²) in [5, 5.41) is 12.3. The standard InChI is InChI=1S/C15H17NO.C14H15N.C8H13N.C2H5N/c1-3-14-8-4-5-9-15(14)12-13(2)16-10-6-7-11-17;1-15-14(9-10-14)13-8-4-6-11-5-2-3-7-12(11)13;1-4-5-6-7-8(2)9-3;1-2-3/h3-9,11,16H,1-2,10,12H2;2-8,15H,9-10H2,1H3;4-7,9H,1H2,2-3H3;2H,1,3H2/b7-6+;;6-5-,8-7+;. The van der Waals surface area contributed by atoms with Crippen LogP contribution in [0.2, 0.25) is 0 Å². The van der Waals surface area contributed by atoms with Crippen molar-refractivity contribution in [1.29, 1.82) is 0 Å². The first-order chi connectivity index (χ1) is 21.4. The largest absolute Gasteiger partial charge is 0.405 e. The van der Waals surface area contributed by atoms with Gasteiger partial charge in [-0.1, -0.05) is 123 Å². The Morgan fingerprint density at radius 3 is 2.20 bits per heavy atom. The van der Waals surface area contributed by atoms with Gasteiger partial charge < -0.3 is 21.7 Å². The van der Waals surface area contributed by atoms with Crippen molar-refractivity contribution in [3.63, 3.8) is 0 Å². The molecule has 0 bridgehead atoms. The van der Waals surface area contributed by atoms with E-state index in [0.717, 1.165) is 29.7 Å². The number of rotatable bonds is 12. The topological polar surface area (TPSA) is 79.2 Å². The highest BCUT2D eigenvalue weighted by Gasteiger charge is 2.43. The number of fused-ring (bicyclic) bond motifs is 1. The van der Waals surface area contributed by atoms with Gasteiger partial charge in [-0.3, -0.25) is 4.79 Å². The van der Waals surface area contributed by atoms with Crippen LogP contribution in [-0.4, -0.2) is 26.9 Å². The van der Waals surface area contributed by atoms with Gasteiger partial charge in [-0.05, 0) is 72.6 Å². The van der Waals surface area contributed by atoms with E-state index in [4.69, 9.17) is 0 Å². The molecule has 0 spiro atoms. The van der Waals surface area contributed by atoms with Gasteiger partial charge >= 0.3 is 0 Å². The molecule has 1 aliphatic carbocycles. The first kappa shape index (κ1) is 37.2. The Bertz CT molecular complexity index is 1420. The molecule has 5 heteroatoms. The zero-order valence-electron chi connectivity index (χ0n) is 26.7. The van der Waals surface area contributed by atoms with E-state index in [1.165, 1.54) is 47.0 Å². The fraction of sp³-hybridized carbons (Fsp3) is 0.205. The molecule has 1 fully saturated rings. The summed E-state index contributed by atoms with van der Waals surface area (Å²) < 4.78 is 0. The fourth-order valence-corrected chi connectivity index (χ4v) is 4.30. The highest BCUT2D eigenvalue weighted by atomic mass is 16.1. The number of nitrogens with two attached hydrogens (primary N) is 1. The van der Waals surface area contributed by atoms with Crippen LogP contribution in [-0.2, 0) is 16.8 Å². The van der Waals surface area contributed by atoms with Crippen molar-refractivity contribution in [3.8, 4) is 0 Å². The molecule has 5 nitrogen and oxygen atoms in total. The average Bonchev–Trinajstić information content (AvgIpc) is 3.85. The minimum absolute atomic E-state index is 0.265. The monoisotopic (exact) mass is 590 g/mol. The summed E-state index contributed by atoms with van der Waals surface area (Å²) in [6, 6.07) is 23.3. The molecule has 0 aliphatic heterocycles. The van der Waals surface area contributed by atoms with Crippen LogP contribution in [0.15, 0.2) is 147 Å². The van der Waals surface area contributed by atoms with Gasteiger partial charge in [0.2, 0.25) is 0 Å². The second kappa shape index (κ2) is 21.8. The van der Waals surface area contributed by atoms with E-state index in [-0.39, 0.29) is 5.54 Å². The lowest BCUT2D eigenvalue weighted by atomic mass is 9.97. The Morgan fingerprint density at radius 2 is 1.59 bits per heavy atom. The molecule has 232 valence electrons. The molecule has 3 aromatic rings. The van der Waals surface area contributed by atoms with Gasteiger partial charge in [0.1, 0.15) is 6.29 Å². The maximum atomic E-state index is 10.1. The maximum Gasteiger partial charge on any atom is 0.142 e. The second-order valence-corrected chi connectivity index (χ2v) is 9.94. The molecule has 0 unspecified atom stereocenters. The molecule has 3 aromatic carbocycles. The molecule has 0 atom stereocenters. The van der Waals surface area contributed by atoms with Gasteiger partial charge in [0.15, 0.2) is 0 Å². The first-order valence-corrected chi connectivity index (χ1v) is 14.7. The SMILES string of the molecule is C=C/C=C\C=C(/C)NC.C=CN.C=Cc1ccccc1CC(=C)NC/C=C/C=O.CNC1(c2cccc3ccccc23)CC1. The summed E-state index contributed by atoms with van der Waals surface area (Å²) in [4.78, 5) is 10.1. The van der Waals surface area contributed by atoms with E-state index >= 15 is 0 Å². The molecule has 0 radical (unpaired) electrons. The van der Waals surface area contributed by atoms with E-state index in [0.29, 0.717) is 6.54 Å². The zero-order chi connectivity index (χ0) is 32.6. The van der Waals surface area contributed by atoms with Crippen molar-refractivity contribution in [2.75, 3.05) is 20.6 Å². The van der Waals surface area contributed by atoms with Crippen LogP contribution in [0.1, 0.15) is 36.5 Å². The average molecular weight is 591 g/mol. The Balaban J connectivity index is 0.000000329. The highest BCUT2D eigenvalue weighted by molar-refractivity contribution is 5.87. The van der Waals surface area contributed by atoms with Crippen molar-refractivity contribution in [1.82, 2.24) is 16.0 Å². The van der Waals surface area contributed by atoms with Crippen LogP contribution in [0.3, 0.4) is 0 Å². The van der Waals surface area contributed by atoms with Crippen molar-refractivity contribution in [3.05, 3.63) is 164 Å². The van der Waals surface area contributed by atoms with Crippen LogP contribution in [0.5, 0.6) is 0 Å². The Kier molecular flexibility index (Phi) is 18.4. The van der Waals surface area contributed by atoms with Crippen molar-refractivity contribution in [2.45, 2.75) is 31.7 Å².